The van der Waals surface area contributed by atoms with Crippen LogP contribution in [0.5, 0.6) is 5.75 Å². The number of hydrogen-bond donors (Lipinski definition) is 2. The standard InChI is InChI=1S/C11H14N4O2/c1-8-3-4-9(7-10(8)16)11(17)13-5-2-6-14-15-12/h3-4,7,16H,2,5-6H2,1H3,(H,13,17). The van der Waals surface area contributed by atoms with Crippen molar-refractivity contribution in [3.05, 3.63) is 39.8 Å². The summed E-state index contributed by atoms with van der Waals surface area (Å²) < 4.78 is 0. The number of carbonyl (C=O) groups is 1. The maximum atomic E-state index is 11.6. The Balaban J connectivity index is 2.46. The second-order valence-corrected chi connectivity index (χ2v) is 3.57. The van der Waals surface area contributed by atoms with E-state index in [1.165, 1.54) is 6.07 Å². The smallest absolute Gasteiger partial charge is 0.251 e. The van der Waals surface area contributed by atoms with Gasteiger partial charge in [0, 0.05) is 23.6 Å². The number of carbonyl (C=O) groups excluding carboxylic acids is 1. The lowest BCUT2D eigenvalue weighted by molar-refractivity contribution is 0.0953. The first kappa shape index (κ1) is 12.9. The first-order chi connectivity index (χ1) is 8.15. The maximum absolute atomic E-state index is 11.6. The molecule has 6 nitrogen and oxygen atoms in total. The zero-order valence-corrected chi connectivity index (χ0v) is 9.55. The van der Waals surface area contributed by atoms with E-state index in [1.807, 2.05) is 0 Å². The lowest BCUT2D eigenvalue weighted by Gasteiger charge is -2.05. The van der Waals surface area contributed by atoms with Crippen molar-refractivity contribution >= 4 is 5.91 Å². The van der Waals surface area contributed by atoms with Gasteiger partial charge in [-0.2, -0.15) is 0 Å². The lowest BCUT2D eigenvalue weighted by Crippen LogP contribution is -2.24. The van der Waals surface area contributed by atoms with Crippen molar-refractivity contribution in [1.82, 2.24) is 5.32 Å². The van der Waals surface area contributed by atoms with Crippen molar-refractivity contribution in [3.63, 3.8) is 0 Å². The van der Waals surface area contributed by atoms with Crippen LogP contribution in [-0.2, 0) is 0 Å². The van der Waals surface area contributed by atoms with Gasteiger partial charge in [0.1, 0.15) is 5.75 Å². The van der Waals surface area contributed by atoms with E-state index in [2.05, 4.69) is 15.3 Å². The van der Waals surface area contributed by atoms with Crippen LogP contribution in [0.25, 0.3) is 10.4 Å². The summed E-state index contributed by atoms with van der Waals surface area (Å²) in [5.41, 5.74) is 9.19. The van der Waals surface area contributed by atoms with Crippen molar-refractivity contribution in [3.8, 4) is 5.75 Å². The van der Waals surface area contributed by atoms with E-state index in [0.29, 0.717) is 25.1 Å². The molecule has 1 aromatic rings. The predicted molar refractivity (Wildman–Crippen MR) is 63.8 cm³/mol. The number of rotatable bonds is 5. The molecule has 1 rings (SSSR count). The molecular formula is C11H14N4O2. The number of hydrogen-bond acceptors (Lipinski definition) is 3. The summed E-state index contributed by atoms with van der Waals surface area (Å²) in [6.07, 6.45) is 0.591. The molecule has 0 bridgehead atoms. The topological polar surface area (TPSA) is 98.1 Å². The number of azide groups is 1. The van der Waals surface area contributed by atoms with E-state index in [1.54, 1.807) is 19.1 Å². The molecule has 0 aliphatic rings. The molecule has 17 heavy (non-hydrogen) atoms. The molecule has 90 valence electrons. The largest absolute Gasteiger partial charge is 0.508 e. The molecule has 0 fully saturated rings. The molecule has 1 amide bonds. The fourth-order valence-corrected chi connectivity index (χ4v) is 1.25. The van der Waals surface area contributed by atoms with E-state index in [0.717, 1.165) is 5.56 Å². The third-order valence-electron chi connectivity index (χ3n) is 2.26. The average molecular weight is 234 g/mol. The van der Waals surface area contributed by atoms with Gasteiger partial charge in [0.05, 0.1) is 0 Å². The number of benzene rings is 1. The van der Waals surface area contributed by atoms with Crippen molar-refractivity contribution in [2.24, 2.45) is 5.11 Å². The predicted octanol–water partition coefficient (Wildman–Crippen LogP) is 2.13. The van der Waals surface area contributed by atoms with E-state index >= 15 is 0 Å². The molecule has 2 N–H and O–H groups in total. The monoisotopic (exact) mass is 234 g/mol. The fraction of sp³-hybridized carbons (Fsp3) is 0.364. The highest BCUT2D eigenvalue weighted by Gasteiger charge is 2.06. The van der Waals surface area contributed by atoms with Crippen LogP contribution in [0.4, 0.5) is 0 Å². The van der Waals surface area contributed by atoms with Crippen LogP contribution in [0, 0.1) is 6.92 Å². The van der Waals surface area contributed by atoms with Gasteiger partial charge in [-0.25, -0.2) is 0 Å². The van der Waals surface area contributed by atoms with Crippen LogP contribution in [0.1, 0.15) is 22.3 Å². The average Bonchev–Trinajstić information content (AvgIpc) is 2.32. The van der Waals surface area contributed by atoms with Crippen LogP contribution in [0.2, 0.25) is 0 Å². The van der Waals surface area contributed by atoms with Crippen molar-refractivity contribution < 1.29 is 9.90 Å². The Morgan fingerprint density at radius 1 is 1.59 bits per heavy atom. The lowest BCUT2D eigenvalue weighted by atomic mass is 10.1. The quantitative estimate of drug-likeness (QED) is 0.353. The number of phenols is 1. The summed E-state index contributed by atoms with van der Waals surface area (Å²) in [7, 11) is 0. The van der Waals surface area contributed by atoms with E-state index in [9.17, 15) is 9.90 Å². The molecular weight excluding hydrogens is 220 g/mol. The Labute approximate surface area is 98.9 Å². The first-order valence-electron chi connectivity index (χ1n) is 5.24. The van der Waals surface area contributed by atoms with Gasteiger partial charge in [0.25, 0.3) is 5.91 Å². The SMILES string of the molecule is Cc1ccc(C(=O)NCCCN=[N+]=[N-])cc1O. The Morgan fingerprint density at radius 2 is 2.35 bits per heavy atom. The summed E-state index contributed by atoms with van der Waals surface area (Å²) in [5, 5.41) is 15.5. The van der Waals surface area contributed by atoms with Crippen molar-refractivity contribution in [1.29, 1.82) is 0 Å². The third kappa shape index (κ3) is 4.04. The summed E-state index contributed by atoms with van der Waals surface area (Å²) in [5.74, 6) is -0.145. The normalized spacial score (nSPS) is 9.47. The summed E-state index contributed by atoms with van der Waals surface area (Å²) in [4.78, 5) is 14.2. The molecule has 0 saturated heterocycles. The number of nitrogens with one attached hydrogen (secondary N) is 1. The van der Waals surface area contributed by atoms with Crippen LogP contribution in [-0.4, -0.2) is 24.1 Å². The molecule has 0 unspecified atom stereocenters. The highest BCUT2D eigenvalue weighted by atomic mass is 16.3. The van der Waals surface area contributed by atoms with Gasteiger partial charge in [-0.05, 0) is 36.6 Å². The summed E-state index contributed by atoms with van der Waals surface area (Å²) in [6.45, 7) is 2.55. The molecule has 0 spiro atoms. The molecule has 0 atom stereocenters. The number of nitrogens with zero attached hydrogens (tertiary/aromatic N) is 3. The second kappa shape index (κ2) is 6.40. The number of amides is 1. The van der Waals surface area contributed by atoms with Gasteiger partial charge in [-0.1, -0.05) is 11.2 Å². The maximum Gasteiger partial charge on any atom is 0.251 e. The van der Waals surface area contributed by atoms with Crippen LogP contribution >= 0.6 is 0 Å². The zero-order chi connectivity index (χ0) is 12.7. The fourth-order valence-electron chi connectivity index (χ4n) is 1.25. The number of aryl methyl sites for hydroxylation is 1. The van der Waals surface area contributed by atoms with Gasteiger partial charge in [-0.3, -0.25) is 4.79 Å². The number of aromatic hydroxyl groups is 1. The molecule has 1 aromatic carbocycles. The molecule has 0 aliphatic heterocycles. The van der Waals surface area contributed by atoms with Crippen LogP contribution in [0.15, 0.2) is 23.3 Å². The summed E-state index contributed by atoms with van der Waals surface area (Å²) in [6, 6.07) is 4.76. The van der Waals surface area contributed by atoms with Gasteiger partial charge < -0.3 is 10.4 Å². The molecule has 0 heterocycles. The van der Waals surface area contributed by atoms with Gasteiger partial charge in [0.2, 0.25) is 0 Å². The Kier molecular flexibility index (Phi) is 4.84. The van der Waals surface area contributed by atoms with Crippen LogP contribution in [0.3, 0.4) is 0 Å². The first-order valence-corrected chi connectivity index (χ1v) is 5.24. The van der Waals surface area contributed by atoms with Crippen LogP contribution < -0.4 is 5.32 Å². The minimum atomic E-state index is -0.249. The Bertz CT molecular complexity index is 453. The minimum Gasteiger partial charge on any atom is -0.508 e. The Hall–Kier alpha value is -2.20. The number of phenolic OH excluding ortho intramolecular Hbond substituents is 1. The molecule has 6 heteroatoms. The van der Waals surface area contributed by atoms with Gasteiger partial charge in [-0.15, -0.1) is 0 Å². The van der Waals surface area contributed by atoms with Crippen molar-refractivity contribution in [2.45, 2.75) is 13.3 Å². The molecule has 0 aromatic heterocycles. The molecule has 0 saturated carbocycles. The van der Waals surface area contributed by atoms with E-state index in [-0.39, 0.29) is 11.7 Å². The minimum absolute atomic E-state index is 0.103. The molecule has 0 aliphatic carbocycles. The van der Waals surface area contributed by atoms with E-state index < -0.39 is 0 Å². The highest BCUT2D eigenvalue weighted by Crippen LogP contribution is 2.17. The molecule has 0 radical (unpaired) electrons. The van der Waals surface area contributed by atoms with Gasteiger partial charge >= 0.3 is 0 Å². The highest BCUT2D eigenvalue weighted by molar-refractivity contribution is 5.94. The second-order valence-electron chi connectivity index (χ2n) is 3.57. The summed E-state index contributed by atoms with van der Waals surface area (Å²) >= 11 is 0. The van der Waals surface area contributed by atoms with E-state index in [4.69, 9.17) is 5.53 Å². The van der Waals surface area contributed by atoms with Crippen molar-refractivity contribution in [2.75, 3.05) is 13.1 Å². The third-order valence-corrected chi connectivity index (χ3v) is 2.26. The van der Waals surface area contributed by atoms with Gasteiger partial charge in [0.15, 0.2) is 0 Å². The Morgan fingerprint density at radius 3 is 3.00 bits per heavy atom. The zero-order valence-electron chi connectivity index (χ0n) is 9.55.